The van der Waals surface area contributed by atoms with Gasteiger partial charge in [0.05, 0.1) is 6.61 Å². The molecule has 27 heavy (non-hydrogen) atoms. The van der Waals surface area contributed by atoms with Crippen LogP contribution in [0, 0.1) is 12.7 Å². The summed E-state index contributed by atoms with van der Waals surface area (Å²) >= 11 is 0. The van der Waals surface area contributed by atoms with E-state index in [1.807, 2.05) is 0 Å². The van der Waals surface area contributed by atoms with Gasteiger partial charge in [0.1, 0.15) is 11.9 Å². The molecule has 0 radical (unpaired) electrons. The highest BCUT2D eigenvalue weighted by Crippen LogP contribution is 2.34. The number of nitrogens with one attached hydrogen (secondary N) is 1. The van der Waals surface area contributed by atoms with Crippen LogP contribution in [0.1, 0.15) is 33.2 Å². The topological polar surface area (TPSA) is 107 Å². The SMILES string of the molecule is Cc1cc(NC(=O)c2ccc([C@@H](O)CO)c(C(F)(F)C(=O)O)c2)ccc1F. The lowest BCUT2D eigenvalue weighted by atomic mass is 9.95. The predicted molar refractivity (Wildman–Crippen MR) is 89.1 cm³/mol. The Morgan fingerprint density at radius 1 is 1.19 bits per heavy atom. The van der Waals surface area contributed by atoms with Gasteiger partial charge in [0, 0.05) is 16.8 Å². The minimum absolute atomic E-state index is 0.213. The van der Waals surface area contributed by atoms with Crippen LogP contribution in [0.5, 0.6) is 0 Å². The lowest BCUT2D eigenvalue weighted by Gasteiger charge is -2.19. The Hall–Kier alpha value is -2.91. The zero-order valence-electron chi connectivity index (χ0n) is 14.0. The minimum Gasteiger partial charge on any atom is -0.477 e. The van der Waals surface area contributed by atoms with Crippen molar-refractivity contribution in [3.05, 3.63) is 64.5 Å². The molecule has 9 heteroatoms. The Morgan fingerprint density at radius 2 is 1.85 bits per heavy atom. The first-order chi connectivity index (χ1) is 12.6. The van der Waals surface area contributed by atoms with Crippen LogP contribution in [0.25, 0.3) is 0 Å². The molecular formula is C18H16F3NO5. The molecule has 0 aliphatic carbocycles. The molecule has 0 heterocycles. The summed E-state index contributed by atoms with van der Waals surface area (Å²) in [4.78, 5) is 23.2. The van der Waals surface area contributed by atoms with E-state index in [2.05, 4.69) is 5.32 Å². The Kier molecular flexibility index (Phi) is 5.87. The number of carbonyl (C=O) groups excluding carboxylic acids is 1. The number of hydrogen-bond donors (Lipinski definition) is 4. The van der Waals surface area contributed by atoms with Crippen molar-refractivity contribution in [2.75, 3.05) is 11.9 Å². The molecular weight excluding hydrogens is 367 g/mol. The Bertz CT molecular complexity index is 885. The summed E-state index contributed by atoms with van der Waals surface area (Å²) in [5, 5.41) is 29.8. The fraction of sp³-hybridized carbons (Fsp3) is 0.222. The van der Waals surface area contributed by atoms with Gasteiger partial charge in [-0.3, -0.25) is 4.79 Å². The number of aliphatic hydroxyl groups excluding tert-OH is 2. The number of alkyl halides is 2. The second-order valence-electron chi connectivity index (χ2n) is 5.80. The van der Waals surface area contributed by atoms with Gasteiger partial charge in [0.2, 0.25) is 0 Å². The number of aryl methyl sites for hydroxylation is 1. The van der Waals surface area contributed by atoms with E-state index in [9.17, 15) is 27.9 Å². The number of benzene rings is 2. The van der Waals surface area contributed by atoms with E-state index in [0.29, 0.717) is 6.07 Å². The number of halogens is 3. The van der Waals surface area contributed by atoms with Gasteiger partial charge in [-0.2, -0.15) is 8.78 Å². The highest BCUT2D eigenvalue weighted by molar-refractivity contribution is 6.04. The summed E-state index contributed by atoms with van der Waals surface area (Å²) in [5.41, 5.74) is -1.46. The van der Waals surface area contributed by atoms with E-state index < -0.39 is 47.5 Å². The number of aliphatic hydroxyl groups is 2. The molecule has 0 aliphatic rings. The van der Waals surface area contributed by atoms with Gasteiger partial charge >= 0.3 is 11.9 Å². The van der Waals surface area contributed by atoms with Gasteiger partial charge in [0.15, 0.2) is 0 Å². The largest absolute Gasteiger partial charge is 0.477 e. The smallest absolute Gasteiger partial charge is 0.379 e. The average Bonchev–Trinajstić information content (AvgIpc) is 2.63. The summed E-state index contributed by atoms with van der Waals surface area (Å²) in [7, 11) is 0. The van der Waals surface area contributed by atoms with Crippen molar-refractivity contribution in [1.82, 2.24) is 0 Å². The molecule has 0 unspecified atom stereocenters. The molecule has 2 rings (SSSR count). The van der Waals surface area contributed by atoms with E-state index in [0.717, 1.165) is 18.2 Å². The number of amides is 1. The first-order valence-electron chi connectivity index (χ1n) is 7.70. The van der Waals surface area contributed by atoms with Crippen molar-refractivity contribution in [3.8, 4) is 0 Å². The number of aliphatic carboxylic acids is 1. The third-order valence-electron chi connectivity index (χ3n) is 3.87. The highest BCUT2D eigenvalue weighted by atomic mass is 19.3. The molecule has 1 atom stereocenters. The molecule has 6 nitrogen and oxygen atoms in total. The fourth-order valence-electron chi connectivity index (χ4n) is 2.40. The van der Waals surface area contributed by atoms with E-state index in [1.54, 1.807) is 0 Å². The quantitative estimate of drug-likeness (QED) is 0.614. The van der Waals surface area contributed by atoms with Crippen LogP contribution in [0.3, 0.4) is 0 Å². The van der Waals surface area contributed by atoms with Crippen molar-refractivity contribution in [2.24, 2.45) is 0 Å². The van der Waals surface area contributed by atoms with Crippen molar-refractivity contribution < 1.29 is 38.1 Å². The zero-order chi connectivity index (χ0) is 20.4. The second kappa shape index (κ2) is 7.77. The van der Waals surface area contributed by atoms with Crippen molar-refractivity contribution in [1.29, 1.82) is 0 Å². The van der Waals surface area contributed by atoms with Crippen LogP contribution in [0.2, 0.25) is 0 Å². The number of rotatable bonds is 6. The molecule has 144 valence electrons. The zero-order valence-corrected chi connectivity index (χ0v) is 14.0. The maximum Gasteiger partial charge on any atom is 0.379 e. The Morgan fingerprint density at radius 3 is 2.41 bits per heavy atom. The Labute approximate surface area is 151 Å². The molecule has 0 spiro atoms. The number of carbonyl (C=O) groups is 2. The lowest BCUT2D eigenvalue weighted by molar-refractivity contribution is -0.166. The number of hydrogen-bond acceptors (Lipinski definition) is 4. The molecule has 0 fully saturated rings. The van der Waals surface area contributed by atoms with E-state index in [1.165, 1.54) is 19.1 Å². The number of carboxylic acid groups (broad SMARTS) is 1. The van der Waals surface area contributed by atoms with Crippen LogP contribution < -0.4 is 5.32 Å². The first-order valence-corrected chi connectivity index (χ1v) is 7.70. The average molecular weight is 383 g/mol. The van der Waals surface area contributed by atoms with Gasteiger partial charge < -0.3 is 20.6 Å². The van der Waals surface area contributed by atoms with Gasteiger partial charge in [-0.25, -0.2) is 9.18 Å². The summed E-state index contributed by atoms with van der Waals surface area (Å²) in [5.74, 6) is -8.19. The highest BCUT2D eigenvalue weighted by Gasteiger charge is 2.44. The van der Waals surface area contributed by atoms with Crippen LogP contribution >= 0.6 is 0 Å². The molecule has 0 aromatic heterocycles. The number of carboxylic acids is 1. The molecule has 0 saturated heterocycles. The normalized spacial score (nSPS) is 12.5. The molecule has 0 bridgehead atoms. The third kappa shape index (κ3) is 4.26. The molecule has 0 aliphatic heterocycles. The van der Waals surface area contributed by atoms with E-state index in [-0.39, 0.29) is 16.8 Å². The summed E-state index contributed by atoms with van der Waals surface area (Å²) in [6, 6.07) is 6.41. The maximum absolute atomic E-state index is 14.0. The first kappa shape index (κ1) is 20.4. The monoisotopic (exact) mass is 383 g/mol. The van der Waals surface area contributed by atoms with Crippen LogP contribution in [0.15, 0.2) is 36.4 Å². The summed E-state index contributed by atoms with van der Waals surface area (Å²) in [6.07, 6.45) is -1.75. The molecule has 2 aromatic rings. The molecule has 2 aromatic carbocycles. The van der Waals surface area contributed by atoms with Crippen molar-refractivity contribution in [3.63, 3.8) is 0 Å². The van der Waals surface area contributed by atoms with Crippen molar-refractivity contribution in [2.45, 2.75) is 19.0 Å². The summed E-state index contributed by atoms with van der Waals surface area (Å²) < 4.78 is 41.4. The second-order valence-corrected chi connectivity index (χ2v) is 5.80. The van der Waals surface area contributed by atoms with E-state index >= 15 is 0 Å². The van der Waals surface area contributed by atoms with Gasteiger partial charge in [-0.05, 0) is 48.4 Å². The fourth-order valence-corrected chi connectivity index (χ4v) is 2.40. The van der Waals surface area contributed by atoms with E-state index in [4.69, 9.17) is 10.2 Å². The standard InChI is InChI=1S/C18H16F3NO5/c1-9-6-11(3-5-14(9)19)22-16(25)10-2-4-12(15(24)8-23)13(7-10)18(20,21)17(26)27/h2-7,15,23-24H,8H2,1H3,(H,22,25)(H,26,27)/t15-/m0/s1. The third-order valence-corrected chi connectivity index (χ3v) is 3.87. The van der Waals surface area contributed by atoms with Crippen molar-refractivity contribution >= 4 is 17.6 Å². The van der Waals surface area contributed by atoms with Gasteiger partial charge in [-0.15, -0.1) is 0 Å². The summed E-state index contributed by atoms with van der Waals surface area (Å²) in [6.45, 7) is 0.560. The lowest BCUT2D eigenvalue weighted by Crippen LogP contribution is -2.28. The maximum atomic E-state index is 14.0. The van der Waals surface area contributed by atoms with Crippen LogP contribution in [0.4, 0.5) is 18.9 Å². The van der Waals surface area contributed by atoms with Crippen LogP contribution in [-0.2, 0) is 10.7 Å². The molecule has 1 amide bonds. The Balaban J connectivity index is 2.43. The van der Waals surface area contributed by atoms with Gasteiger partial charge in [-0.1, -0.05) is 6.07 Å². The molecule has 4 N–H and O–H groups in total. The minimum atomic E-state index is -4.39. The molecule has 0 saturated carbocycles. The predicted octanol–water partition coefficient (Wildman–Crippen LogP) is 2.59. The number of anilines is 1. The van der Waals surface area contributed by atoms with Gasteiger partial charge in [0.25, 0.3) is 5.91 Å². The van der Waals surface area contributed by atoms with Crippen LogP contribution in [-0.4, -0.2) is 33.8 Å².